The highest BCUT2D eigenvalue weighted by Crippen LogP contribution is 2.45. The maximum Gasteiger partial charge on any atom is 0.404 e. The number of nitrogens with zero attached hydrogens (tertiary/aromatic N) is 1. The van der Waals surface area contributed by atoms with Gasteiger partial charge in [0.2, 0.25) is 0 Å². The number of hydrogen-bond acceptors (Lipinski definition) is 4. The largest absolute Gasteiger partial charge is 0.465 e. The van der Waals surface area contributed by atoms with Crippen molar-refractivity contribution >= 4 is 12.0 Å². The highest BCUT2D eigenvalue weighted by molar-refractivity contribution is 5.94. The average Bonchev–Trinajstić information content (AvgIpc) is 2.96. The zero-order valence-corrected chi connectivity index (χ0v) is 24.0. The Morgan fingerprint density at radius 1 is 1.02 bits per heavy atom. The summed E-state index contributed by atoms with van der Waals surface area (Å²) in [5, 5.41) is 26.5. The van der Waals surface area contributed by atoms with Crippen molar-refractivity contribution in [2.75, 3.05) is 26.7 Å². The van der Waals surface area contributed by atoms with Crippen LogP contribution in [0.3, 0.4) is 0 Å². The van der Waals surface area contributed by atoms with Crippen molar-refractivity contribution in [1.29, 1.82) is 0 Å². The zero-order chi connectivity index (χ0) is 31.3. The minimum Gasteiger partial charge on any atom is -0.465 e. The van der Waals surface area contributed by atoms with E-state index < -0.39 is 46.8 Å². The number of rotatable bonds is 10. The van der Waals surface area contributed by atoms with Crippen molar-refractivity contribution in [3.8, 4) is 11.1 Å². The number of piperidine rings is 1. The molecule has 0 saturated carbocycles. The van der Waals surface area contributed by atoms with Crippen molar-refractivity contribution < 1.29 is 37.4 Å². The Morgan fingerprint density at radius 2 is 1.79 bits per heavy atom. The van der Waals surface area contributed by atoms with Crippen LogP contribution in [-0.4, -0.2) is 53.8 Å². The molecule has 43 heavy (non-hydrogen) atoms. The molecule has 0 aliphatic carbocycles. The van der Waals surface area contributed by atoms with Crippen LogP contribution in [0.1, 0.15) is 52.7 Å². The molecule has 11 heteroatoms. The molecule has 0 bridgehead atoms. The normalized spacial score (nSPS) is 16.5. The quantitative estimate of drug-likeness (QED) is 0.176. The Kier molecular flexibility index (Phi) is 10.1. The second-order valence-corrected chi connectivity index (χ2v) is 11.0. The third-order valence-corrected chi connectivity index (χ3v) is 7.95. The number of aryl methyl sites for hydroxylation is 1. The summed E-state index contributed by atoms with van der Waals surface area (Å²) in [6.07, 6.45) is -0.624. The first kappa shape index (κ1) is 32.0. The van der Waals surface area contributed by atoms with Gasteiger partial charge in [-0.3, -0.25) is 4.79 Å². The Morgan fingerprint density at radius 3 is 2.49 bits per heavy atom. The molecule has 4 N–H and O–H groups in total. The molecule has 1 saturated heterocycles. The number of carbonyl (C=O) groups is 2. The van der Waals surface area contributed by atoms with Crippen LogP contribution >= 0.6 is 0 Å². The lowest BCUT2D eigenvalue weighted by atomic mass is 9.72. The van der Waals surface area contributed by atoms with E-state index in [1.54, 1.807) is 20.0 Å². The summed E-state index contributed by atoms with van der Waals surface area (Å²) in [6.45, 7) is 2.22. The van der Waals surface area contributed by atoms with E-state index >= 15 is 8.78 Å². The summed E-state index contributed by atoms with van der Waals surface area (Å²) < 4.78 is 60.4. The molecular weight excluding hydrogens is 566 g/mol. The van der Waals surface area contributed by atoms with Gasteiger partial charge in [-0.1, -0.05) is 17.7 Å². The number of carboxylic acid groups (broad SMARTS) is 1. The molecule has 1 aliphatic rings. The van der Waals surface area contributed by atoms with E-state index in [0.29, 0.717) is 36.6 Å². The molecule has 4 rings (SSSR count). The Balaban J connectivity index is 1.76. The second kappa shape index (κ2) is 13.6. The summed E-state index contributed by atoms with van der Waals surface area (Å²) in [5.74, 6) is -4.92. The van der Waals surface area contributed by atoms with E-state index in [2.05, 4.69) is 10.6 Å². The number of benzene rings is 3. The van der Waals surface area contributed by atoms with Gasteiger partial charge in [0.1, 0.15) is 23.3 Å². The fourth-order valence-corrected chi connectivity index (χ4v) is 5.90. The highest BCUT2D eigenvalue weighted by Gasteiger charge is 2.44. The van der Waals surface area contributed by atoms with Gasteiger partial charge in [0.15, 0.2) is 0 Å². The molecule has 3 aromatic rings. The van der Waals surface area contributed by atoms with E-state index in [0.717, 1.165) is 12.1 Å². The number of amides is 2. The molecule has 0 spiro atoms. The van der Waals surface area contributed by atoms with Gasteiger partial charge in [0.05, 0.1) is 11.2 Å². The lowest BCUT2D eigenvalue weighted by Gasteiger charge is -2.43. The minimum absolute atomic E-state index is 0.0663. The first-order valence-electron chi connectivity index (χ1n) is 14.1. The third-order valence-electron chi connectivity index (χ3n) is 7.95. The van der Waals surface area contributed by atoms with Gasteiger partial charge in [0, 0.05) is 49.3 Å². The van der Waals surface area contributed by atoms with Crippen LogP contribution < -0.4 is 10.6 Å². The molecule has 3 aromatic carbocycles. The van der Waals surface area contributed by atoms with Crippen molar-refractivity contribution in [3.63, 3.8) is 0 Å². The van der Waals surface area contributed by atoms with E-state index in [4.69, 9.17) is 5.11 Å². The SMILES string of the molecule is CNCc1ccc(C(=O)N2CCC[C@@H]([C@@](O)(CCCNC(=O)O)c3cc(F)cc(F)c3-c3cc(C)ccc3F)C2)c(F)c1. The fraction of sp³-hybridized carbons (Fsp3) is 0.375. The first-order chi connectivity index (χ1) is 20.4. The molecule has 2 amide bonds. The molecule has 1 heterocycles. The molecule has 0 unspecified atom stereocenters. The maximum atomic E-state index is 15.5. The number of likely N-dealkylation sites (tertiary alicyclic amines) is 1. The predicted molar refractivity (Wildman–Crippen MR) is 153 cm³/mol. The molecule has 0 aromatic heterocycles. The molecule has 230 valence electrons. The van der Waals surface area contributed by atoms with Gasteiger partial charge < -0.3 is 25.7 Å². The van der Waals surface area contributed by atoms with Gasteiger partial charge >= 0.3 is 6.09 Å². The lowest BCUT2D eigenvalue weighted by molar-refractivity contribution is -0.0567. The summed E-state index contributed by atoms with van der Waals surface area (Å²) in [5.41, 5.74) is -1.57. The number of carbonyl (C=O) groups excluding carboxylic acids is 1. The monoisotopic (exact) mass is 601 g/mol. The molecule has 1 fully saturated rings. The van der Waals surface area contributed by atoms with E-state index in [9.17, 15) is 23.5 Å². The van der Waals surface area contributed by atoms with Gasteiger partial charge in [-0.25, -0.2) is 22.4 Å². The van der Waals surface area contributed by atoms with Crippen LogP contribution in [0.5, 0.6) is 0 Å². The molecule has 7 nitrogen and oxygen atoms in total. The summed E-state index contributed by atoms with van der Waals surface area (Å²) in [7, 11) is 1.72. The van der Waals surface area contributed by atoms with Gasteiger partial charge in [-0.05, 0) is 81.1 Å². The predicted octanol–water partition coefficient (Wildman–Crippen LogP) is 5.73. The number of halogens is 4. The lowest BCUT2D eigenvalue weighted by Crippen LogP contribution is -2.48. The van der Waals surface area contributed by atoms with Crippen LogP contribution in [-0.2, 0) is 12.1 Å². The van der Waals surface area contributed by atoms with Crippen LogP contribution in [0.2, 0.25) is 0 Å². The highest BCUT2D eigenvalue weighted by atomic mass is 19.1. The Bertz CT molecular complexity index is 1500. The van der Waals surface area contributed by atoms with Crippen molar-refractivity contribution in [2.24, 2.45) is 5.92 Å². The molecular formula is C32H35F4N3O4. The van der Waals surface area contributed by atoms with Crippen LogP contribution in [0, 0.1) is 36.1 Å². The van der Waals surface area contributed by atoms with Crippen LogP contribution in [0.25, 0.3) is 11.1 Å². The standard InChI is InChI=1S/C32H35F4N3O4/c1-19-6-9-26(34)24(13-19)29-25(15-22(33)16-28(29)36)32(43,10-4-11-38-31(41)42)21-5-3-12-39(18-21)30(40)23-8-7-20(17-37-2)14-27(23)35/h6-9,13-16,21,37-38,43H,3-5,10-12,17-18H2,1-2H3,(H,41,42)/t21-,32+/m1/s1. The van der Waals surface area contributed by atoms with E-state index in [1.807, 2.05) is 0 Å². The summed E-state index contributed by atoms with van der Waals surface area (Å²) in [4.78, 5) is 25.9. The number of hydrogen-bond donors (Lipinski definition) is 4. The summed E-state index contributed by atoms with van der Waals surface area (Å²) >= 11 is 0. The Hall–Kier alpha value is -3.96. The van der Waals surface area contributed by atoms with Gasteiger partial charge in [0.25, 0.3) is 5.91 Å². The molecule has 2 atom stereocenters. The minimum atomic E-state index is -2.01. The first-order valence-corrected chi connectivity index (χ1v) is 14.1. The third kappa shape index (κ3) is 7.17. The van der Waals surface area contributed by atoms with Gasteiger partial charge in [-0.2, -0.15) is 0 Å². The summed E-state index contributed by atoms with van der Waals surface area (Å²) in [6, 6.07) is 9.95. The molecule has 0 radical (unpaired) electrons. The molecule has 1 aliphatic heterocycles. The van der Waals surface area contributed by atoms with Crippen LogP contribution in [0.15, 0.2) is 48.5 Å². The maximum absolute atomic E-state index is 15.5. The second-order valence-electron chi connectivity index (χ2n) is 11.0. The topological polar surface area (TPSA) is 102 Å². The Labute approximate surface area is 247 Å². The van der Waals surface area contributed by atoms with Crippen LogP contribution in [0.4, 0.5) is 22.4 Å². The van der Waals surface area contributed by atoms with Crippen molar-refractivity contribution in [1.82, 2.24) is 15.5 Å². The van der Waals surface area contributed by atoms with E-state index in [-0.39, 0.29) is 54.7 Å². The number of aliphatic hydroxyl groups is 1. The van der Waals surface area contributed by atoms with Crippen molar-refractivity contribution in [3.05, 3.63) is 94.1 Å². The fourth-order valence-electron chi connectivity index (χ4n) is 5.90. The smallest absolute Gasteiger partial charge is 0.404 e. The zero-order valence-electron chi connectivity index (χ0n) is 24.0. The van der Waals surface area contributed by atoms with Gasteiger partial charge in [-0.15, -0.1) is 0 Å². The number of nitrogens with one attached hydrogen (secondary N) is 2. The van der Waals surface area contributed by atoms with Crippen molar-refractivity contribution in [2.45, 2.75) is 44.8 Å². The average molecular weight is 602 g/mol. The van der Waals surface area contributed by atoms with E-state index in [1.165, 1.54) is 29.2 Å².